The van der Waals surface area contributed by atoms with Crippen molar-refractivity contribution in [2.45, 2.75) is 81.9 Å². The molecule has 0 unspecified atom stereocenters. The van der Waals surface area contributed by atoms with Gasteiger partial charge in [0.2, 0.25) is 21.8 Å². The smallest absolute Gasteiger partial charge is 0.249 e. The van der Waals surface area contributed by atoms with Gasteiger partial charge in [-0.1, -0.05) is 73.9 Å². The lowest BCUT2D eigenvalue weighted by Gasteiger charge is -2.33. The van der Waals surface area contributed by atoms with Gasteiger partial charge in [0, 0.05) is 17.8 Å². The molecule has 0 bridgehead atoms. The van der Waals surface area contributed by atoms with Crippen LogP contribution in [-0.2, 0) is 26.2 Å². The number of anilines is 1. The van der Waals surface area contributed by atoms with Crippen molar-refractivity contribution in [2.24, 2.45) is 0 Å². The van der Waals surface area contributed by atoms with Crippen LogP contribution in [-0.4, -0.2) is 47.3 Å². The molecule has 3 aromatic carbocycles. The van der Waals surface area contributed by atoms with Crippen molar-refractivity contribution < 1.29 is 18.0 Å². The Morgan fingerprint density at radius 3 is 2.33 bits per heavy atom. The van der Waals surface area contributed by atoms with Crippen molar-refractivity contribution in [3.05, 3.63) is 84.4 Å². The molecule has 43 heavy (non-hydrogen) atoms. The quantitative estimate of drug-likeness (QED) is 0.256. The molecular weight excluding hydrogens is 564 g/mol. The van der Waals surface area contributed by atoms with E-state index >= 15 is 0 Å². The maximum Gasteiger partial charge on any atom is 0.249 e. The number of nitrogens with zero attached hydrogens (tertiary/aromatic N) is 4. The van der Waals surface area contributed by atoms with E-state index in [4.69, 9.17) is 0 Å². The molecule has 10 nitrogen and oxygen atoms in total. The summed E-state index contributed by atoms with van der Waals surface area (Å²) in [5.41, 5.74) is 2.38. The third-order valence-electron chi connectivity index (χ3n) is 7.94. The number of fused-ring (bicyclic) bond motifs is 1. The lowest BCUT2D eigenvalue weighted by atomic mass is 9.94. The number of hydrogen-bond donors (Lipinski definition) is 2. The monoisotopic (exact) mass is 602 g/mol. The maximum atomic E-state index is 14.3. The standard InChI is InChI=1S/C32H38N6O4S/c1-3-23(2)35-43(41,42)27-20-18-26(19-21-27)38(30(39)22-37-29-17-11-10-16-28(29)34-36-37)31(24-12-6-4-7-13-24)32(40)33-25-14-8-5-9-15-25/h4,6-7,10-13,16-21,23,25,31,35H,3,5,8-9,14-15,22H2,1-2H3,(H,33,40)/t23-,31+/m0/s1. The van der Waals surface area contributed by atoms with Gasteiger partial charge >= 0.3 is 0 Å². The Morgan fingerprint density at radius 1 is 0.953 bits per heavy atom. The van der Waals surface area contributed by atoms with Crippen molar-refractivity contribution >= 4 is 38.6 Å². The molecule has 1 aliphatic carbocycles. The van der Waals surface area contributed by atoms with Crippen LogP contribution in [0, 0.1) is 0 Å². The normalized spacial score (nSPS) is 15.6. The minimum absolute atomic E-state index is 0.0304. The zero-order valence-electron chi connectivity index (χ0n) is 24.5. The van der Waals surface area contributed by atoms with Crippen LogP contribution in [0.15, 0.2) is 83.8 Å². The molecule has 0 radical (unpaired) electrons. The Kier molecular flexibility index (Phi) is 9.52. The van der Waals surface area contributed by atoms with Crippen molar-refractivity contribution in [3.8, 4) is 0 Å². The van der Waals surface area contributed by atoms with Crippen molar-refractivity contribution in [1.29, 1.82) is 0 Å². The second-order valence-corrected chi connectivity index (χ2v) is 12.8. The van der Waals surface area contributed by atoms with Gasteiger partial charge in [0.1, 0.15) is 18.1 Å². The van der Waals surface area contributed by atoms with Gasteiger partial charge in [0.05, 0.1) is 10.4 Å². The van der Waals surface area contributed by atoms with Gasteiger partial charge in [-0.05, 0) is 68.1 Å². The van der Waals surface area contributed by atoms with Gasteiger partial charge in [0.25, 0.3) is 0 Å². The highest BCUT2D eigenvalue weighted by atomic mass is 32.2. The number of carbonyl (C=O) groups excluding carboxylic acids is 2. The van der Waals surface area contributed by atoms with E-state index < -0.39 is 22.0 Å². The zero-order chi connectivity index (χ0) is 30.4. The van der Waals surface area contributed by atoms with E-state index in [2.05, 4.69) is 20.4 Å². The number of benzene rings is 3. The number of hydrogen-bond acceptors (Lipinski definition) is 6. The van der Waals surface area contributed by atoms with Crippen LogP contribution in [0.5, 0.6) is 0 Å². The van der Waals surface area contributed by atoms with Crippen LogP contribution in [0.3, 0.4) is 0 Å². The van der Waals surface area contributed by atoms with Crippen LogP contribution in [0.2, 0.25) is 0 Å². The topological polar surface area (TPSA) is 126 Å². The SMILES string of the molecule is CC[C@H](C)NS(=O)(=O)c1ccc(N(C(=O)Cn2nnc3ccccc32)[C@@H](C(=O)NC2CCCCC2)c2ccccc2)cc1. The molecule has 1 saturated carbocycles. The molecule has 0 saturated heterocycles. The first-order chi connectivity index (χ1) is 20.8. The third-order valence-corrected chi connectivity index (χ3v) is 9.55. The van der Waals surface area contributed by atoms with Crippen LogP contribution in [0.25, 0.3) is 11.0 Å². The van der Waals surface area contributed by atoms with E-state index in [1.165, 1.54) is 21.7 Å². The molecule has 4 aromatic rings. The summed E-state index contributed by atoms with van der Waals surface area (Å²) in [7, 11) is -3.76. The van der Waals surface area contributed by atoms with Gasteiger partial charge in [0.15, 0.2) is 0 Å². The van der Waals surface area contributed by atoms with Crippen LogP contribution >= 0.6 is 0 Å². The van der Waals surface area contributed by atoms with Gasteiger partial charge in [-0.15, -0.1) is 5.10 Å². The Balaban J connectivity index is 1.55. The summed E-state index contributed by atoms with van der Waals surface area (Å²) in [6.07, 6.45) is 5.66. The molecular formula is C32H38N6O4S. The number of carbonyl (C=O) groups is 2. The number of aromatic nitrogens is 3. The first-order valence-corrected chi connectivity index (χ1v) is 16.3. The number of amides is 2. The van der Waals surface area contributed by atoms with E-state index in [1.54, 1.807) is 19.1 Å². The fourth-order valence-corrected chi connectivity index (χ4v) is 6.78. The highest BCUT2D eigenvalue weighted by Crippen LogP contribution is 2.31. The van der Waals surface area contributed by atoms with Gasteiger partial charge in [-0.2, -0.15) is 0 Å². The van der Waals surface area contributed by atoms with E-state index in [1.807, 2.05) is 61.5 Å². The number of nitrogens with one attached hydrogen (secondary N) is 2. The summed E-state index contributed by atoms with van der Waals surface area (Å²) >= 11 is 0. The zero-order valence-corrected chi connectivity index (χ0v) is 25.3. The second kappa shape index (κ2) is 13.5. The highest BCUT2D eigenvalue weighted by molar-refractivity contribution is 7.89. The number of rotatable bonds is 11. The molecule has 1 fully saturated rings. The lowest BCUT2D eigenvalue weighted by molar-refractivity contribution is -0.127. The molecule has 11 heteroatoms. The summed E-state index contributed by atoms with van der Waals surface area (Å²) in [6.45, 7) is 3.53. The second-order valence-electron chi connectivity index (χ2n) is 11.1. The highest BCUT2D eigenvalue weighted by Gasteiger charge is 2.34. The van der Waals surface area contributed by atoms with Crippen molar-refractivity contribution in [2.75, 3.05) is 4.90 Å². The molecule has 2 atom stereocenters. The fourth-order valence-electron chi connectivity index (χ4n) is 5.46. The molecule has 2 N–H and O–H groups in total. The molecule has 1 heterocycles. The maximum absolute atomic E-state index is 14.3. The predicted molar refractivity (Wildman–Crippen MR) is 166 cm³/mol. The van der Waals surface area contributed by atoms with Crippen LogP contribution in [0.4, 0.5) is 5.69 Å². The Labute approximate surface area is 252 Å². The van der Waals surface area contributed by atoms with Crippen LogP contribution in [0.1, 0.15) is 64.0 Å². The van der Waals surface area contributed by atoms with Gasteiger partial charge < -0.3 is 5.32 Å². The average Bonchev–Trinajstić information content (AvgIpc) is 3.43. The first kappa shape index (κ1) is 30.4. The van der Waals surface area contributed by atoms with Crippen molar-refractivity contribution in [1.82, 2.24) is 25.0 Å². The molecule has 0 spiro atoms. The van der Waals surface area contributed by atoms with Crippen molar-refractivity contribution in [3.63, 3.8) is 0 Å². The van der Waals surface area contributed by atoms with E-state index in [0.29, 0.717) is 28.7 Å². The molecule has 226 valence electrons. The first-order valence-electron chi connectivity index (χ1n) is 14.8. The minimum Gasteiger partial charge on any atom is -0.351 e. The molecule has 1 aliphatic rings. The largest absolute Gasteiger partial charge is 0.351 e. The number of sulfonamides is 1. The molecule has 5 rings (SSSR count). The third kappa shape index (κ3) is 7.11. The van der Waals surface area contributed by atoms with E-state index in [-0.39, 0.29) is 29.4 Å². The summed E-state index contributed by atoms with van der Waals surface area (Å²) < 4.78 is 30.1. The lowest BCUT2D eigenvalue weighted by Crippen LogP contribution is -2.48. The summed E-state index contributed by atoms with van der Waals surface area (Å²) in [6, 6.07) is 21.4. The average molecular weight is 603 g/mol. The summed E-state index contributed by atoms with van der Waals surface area (Å²) in [5, 5.41) is 11.6. The predicted octanol–water partition coefficient (Wildman–Crippen LogP) is 4.73. The van der Waals surface area contributed by atoms with Crippen LogP contribution < -0.4 is 14.9 Å². The van der Waals surface area contributed by atoms with E-state index in [9.17, 15) is 18.0 Å². The molecule has 0 aliphatic heterocycles. The van der Waals surface area contributed by atoms with Gasteiger partial charge in [-0.25, -0.2) is 17.8 Å². The molecule has 1 aromatic heterocycles. The minimum atomic E-state index is -3.76. The van der Waals surface area contributed by atoms with Gasteiger partial charge in [-0.3, -0.25) is 14.5 Å². The summed E-state index contributed by atoms with van der Waals surface area (Å²) in [5.74, 6) is -0.679. The Morgan fingerprint density at radius 2 is 1.63 bits per heavy atom. The van der Waals surface area contributed by atoms with E-state index in [0.717, 1.165) is 32.1 Å². The fraction of sp³-hybridized carbons (Fsp3) is 0.375. The summed E-state index contributed by atoms with van der Waals surface area (Å²) in [4.78, 5) is 29.9. The number of para-hydroxylation sites is 1. The Bertz CT molecular complexity index is 1650. The Hall–Kier alpha value is -4.09. The molecule has 2 amide bonds.